The van der Waals surface area contributed by atoms with E-state index in [2.05, 4.69) is 9.64 Å². The van der Waals surface area contributed by atoms with Gasteiger partial charge in [0.05, 0.1) is 13.5 Å². The zero-order chi connectivity index (χ0) is 8.10. The minimum atomic E-state index is -0.100. The molecule has 72 valence electrons. The van der Waals surface area contributed by atoms with Crippen LogP contribution in [-0.4, -0.2) is 37.6 Å². The van der Waals surface area contributed by atoms with Crippen LogP contribution in [0.15, 0.2) is 0 Å². The molecule has 0 atom stereocenters. The van der Waals surface area contributed by atoms with Gasteiger partial charge in [-0.1, -0.05) is 0 Å². The van der Waals surface area contributed by atoms with Gasteiger partial charge in [0, 0.05) is 6.54 Å². The van der Waals surface area contributed by atoms with Crippen molar-refractivity contribution in [2.24, 2.45) is 0 Å². The van der Waals surface area contributed by atoms with E-state index in [1.807, 2.05) is 0 Å². The van der Waals surface area contributed by atoms with E-state index in [0.29, 0.717) is 6.42 Å². The molecule has 0 bridgehead atoms. The van der Waals surface area contributed by atoms with E-state index in [-0.39, 0.29) is 23.0 Å². The van der Waals surface area contributed by atoms with Gasteiger partial charge in [0.1, 0.15) is 0 Å². The first-order valence-electron chi connectivity index (χ1n) is 4.12. The van der Waals surface area contributed by atoms with Gasteiger partial charge in [0.2, 0.25) is 0 Å². The fourth-order valence-electron chi connectivity index (χ4n) is 1.36. The highest BCUT2D eigenvalue weighted by Crippen LogP contribution is 2.07. The maximum atomic E-state index is 10.7. The molecule has 1 aliphatic rings. The topological polar surface area (TPSA) is 29.5 Å². The molecule has 0 N–H and O–H groups in total. The van der Waals surface area contributed by atoms with E-state index < -0.39 is 0 Å². The number of likely N-dealkylation sites (tertiary alicyclic amines) is 1. The highest BCUT2D eigenvalue weighted by Gasteiger charge is 2.12. The zero-order valence-corrected chi connectivity index (χ0v) is 9.13. The Bertz CT molecular complexity index is 135. The first kappa shape index (κ1) is 11.9. The fraction of sp³-hybridized carbons (Fsp3) is 0.875. The molecule has 4 heteroatoms. The lowest BCUT2D eigenvalue weighted by Crippen LogP contribution is -2.22. The number of carbonyl (C=O) groups excluding carboxylic acids is 1. The molecule has 0 amide bonds. The first-order chi connectivity index (χ1) is 5.33. The second kappa shape index (κ2) is 6.43. The van der Waals surface area contributed by atoms with Crippen molar-refractivity contribution >= 4 is 23.0 Å². The van der Waals surface area contributed by atoms with Crippen LogP contribution in [0.4, 0.5) is 0 Å². The summed E-state index contributed by atoms with van der Waals surface area (Å²) in [5, 5.41) is 0. The average Bonchev–Trinajstić information content (AvgIpc) is 2.52. The van der Waals surface area contributed by atoms with E-state index >= 15 is 0 Å². The van der Waals surface area contributed by atoms with Gasteiger partial charge >= 0.3 is 5.97 Å². The fourth-order valence-corrected chi connectivity index (χ4v) is 1.36. The lowest BCUT2D eigenvalue weighted by molar-refractivity contribution is -0.140. The Morgan fingerprint density at radius 3 is 2.50 bits per heavy atom. The predicted molar refractivity (Wildman–Crippen MR) is 52.6 cm³/mol. The number of esters is 1. The Morgan fingerprint density at radius 2 is 2.00 bits per heavy atom. The number of rotatable bonds is 3. The average molecular weight is 238 g/mol. The highest BCUT2D eigenvalue weighted by molar-refractivity contribution is 8.93. The van der Waals surface area contributed by atoms with Crippen molar-refractivity contribution in [3.05, 3.63) is 0 Å². The number of nitrogens with zero attached hydrogens (tertiary/aromatic N) is 1. The summed E-state index contributed by atoms with van der Waals surface area (Å²) in [5.41, 5.74) is 0. The zero-order valence-electron chi connectivity index (χ0n) is 7.41. The summed E-state index contributed by atoms with van der Waals surface area (Å²) in [5.74, 6) is -0.100. The summed E-state index contributed by atoms with van der Waals surface area (Å²) < 4.78 is 4.54. The van der Waals surface area contributed by atoms with Gasteiger partial charge in [-0.15, -0.1) is 17.0 Å². The molecule has 0 unspecified atom stereocenters. The van der Waals surface area contributed by atoms with Gasteiger partial charge in [-0.05, 0) is 25.9 Å². The third-order valence-corrected chi connectivity index (χ3v) is 2.06. The number of halogens is 1. The Morgan fingerprint density at radius 1 is 1.42 bits per heavy atom. The minimum Gasteiger partial charge on any atom is -0.469 e. The normalized spacial score (nSPS) is 17.1. The summed E-state index contributed by atoms with van der Waals surface area (Å²) in [6.45, 7) is 3.17. The van der Waals surface area contributed by atoms with Gasteiger partial charge in [0.15, 0.2) is 0 Å². The van der Waals surface area contributed by atoms with Crippen molar-refractivity contribution in [1.82, 2.24) is 4.90 Å². The third-order valence-electron chi connectivity index (χ3n) is 2.06. The van der Waals surface area contributed by atoms with E-state index in [9.17, 15) is 4.79 Å². The molecule has 0 spiro atoms. The number of hydrogen-bond donors (Lipinski definition) is 0. The van der Waals surface area contributed by atoms with Crippen molar-refractivity contribution in [3.63, 3.8) is 0 Å². The molecule has 0 aromatic heterocycles. The lowest BCUT2D eigenvalue weighted by Gasteiger charge is -2.12. The van der Waals surface area contributed by atoms with Crippen LogP contribution in [0.2, 0.25) is 0 Å². The van der Waals surface area contributed by atoms with Crippen LogP contribution in [0.1, 0.15) is 19.3 Å². The molecule has 1 aliphatic heterocycles. The Labute approximate surface area is 83.8 Å². The van der Waals surface area contributed by atoms with Gasteiger partial charge in [-0.2, -0.15) is 0 Å². The molecule has 1 rings (SSSR count). The standard InChI is InChI=1S/C8H15NO2.BrH/c1-11-8(10)4-7-9-5-2-3-6-9;/h2-7H2,1H3;1H. The number of carbonyl (C=O) groups is 1. The Hall–Kier alpha value is -0.0900. The Balaban J connectivity index is 0.00000121. The van der Waals surface area contributed by atoms with Gasteiger partial charge in [-0.3, -0.25) is 4.79 Å². The van der Waals surface area contributed by atoms with Crippen LogP contribution in [0, 0.1) is 0 Å². The summed E-state index contributed by atoms with van der Waals surface area (Å²) in [4.78, 5) is 13.0. The molecule has 3 nitrogen and oxygen atoms in total. The van der Waals surface area contributed by atoms with Crippen LogP contribution >= 0.6 is 17.0 Å². The smallest absolute Gasteiger partial charge is 0.306 e. The van der Waals surface area contributed by atoms with Crippen molar-refractivity contribution < 1.29 is 9.53 Å². The van der Waals surface area contributed by atoms with Crippen LogP contribution in [0.5, 0.6) is 0 Å². The van der Waals surface area contributed by atoms with E-state index in [1.54, 1.807) is 0 Å². The summed E-state index contributed by atoms with van der Waals surface area (Å²) >= 11 is 0. The Kier molecular flexibility index (Phi) is 6.38. The molecule has 1 heterocycles. The molecule has 0 saturated carbocycles. The molecule has 0 aliphatic carbocycles. The number of hydrogen-bond acceptors (Lipinski definition) is 3. The first-order valence-corrected chi connectivity index (χ1v) is 4.12. The SMILES string of the molecule is Br.COC(=O)CCN1CCCC1. The summed E-state index contributed by atoms with van der Waals surface area (Å²) in [6.07, 6.45) is 3.10. The van der Waals surface area contributed by atoms with Crippen molar-refractivity contribution in [2.75, 3.05) is 26.7 Å². The second-order valence-electron chi connectivity index (χ2n) is 2.87. The number of methoxy groups -OCH3 is 1. The van der Waals surface area contributed by atoms with Crippen LogP contribution in [-0.2, 0) is 9.53 Å². The highest BCUT2D eigenvalue weighted by atomic mass is 79.9. The molecular formula is C8H16BrNO2. The van der Waals surface area contributed by atoms with E-state index in [1.165, 1.54) is 20.0 Å². The quantitative estimate of drug-likeness (QED) is 0.692. The molecule has 12 heavy (non-hydrogen) atoms. The van der Waals surface area contributed by atoms with Crippen LogP contribution in [0.3, 0.4) is 0 Å². The lowest BCUT2D eigenvalue weighted by atomic mass is 10.4. The van der Waals surface area contributed by atoms with Gasteiger partial charge in [-0.25, -0.2) is 0 Å². The maximum absolute atomic E-state index is 10.7. The molecule has 1 saturated heterocycles. The van der Waals surface area contributed by atoms with Crippen LogP contribution in [0.25, 0.3) is 0 Å². The molecule has 0 aromatic rings. The number of ether oxygens (including phenoxy) is 1. The van der Waals surface area contributed by atoms with Crippen molar-refractivity contribution in [1.29, 1.82) is 0 Å². The molecule has 0 radical (unpaired) electrons. The summed E-state index contributed by atoms with van der Waals surface area (Å²) in [6, 6.07) is 0. The van der Waals surface area contributed by atoms with E-state index in [0.717, 1.165) is 19.6 Å². The largest absolute Gasteiger partial charge is 0.469 e. The summed E-state index contributed by atoms with van der Waals surface area (Å²) in [7, 11) is 1.44. The molecule has 1 fully saturated rings. The van der Waals surface area contributed by atoms with Crippen LogP contribution < -0.4 is 0 Å². The second-order valence-corrected chi connectivity index (χ2v) is 2.87. The molecular weight excluding hydrogens is 222 g/mol. The van der Waals surface area contributed by atoms with Gasteiger partial charge < -0.3 is 9.64 Å². The monoisotopic (exact) mass is 237 g/mol. The third kappa shape index (κ3) is 4.07. The molecule has 0 aromatic carbocycles. The maximum Gasteiger partial charge on any atom is 0.306 e. The van der Waals surface area contributed by atoms with E-state index in [4.69, 9.17) is 0 Å². The predicted octanol–water partition coefficient (Wildman–Crippen LogP) is 1.22. The van der Waals surface area contributed by atoms with Gasteiger partial charge in [0.25, 0.3) is 0 Å². The van der Waals surface area contributed by atoms with Crippen molar-refractivity contribution in [2.45, 2.75) is 19.3 Å². The van der Waals surface area contributed by atoms with Crippen molar-refractivity contribution in [3.8, 4) is 0 Å². The minimum absolute atomic E-state index is 0.